The van der Waals surface area contributed by atoms with E-state index in [1.807, 2.05) is 13.8 Å². The Morgan fingerprint density at radius 3 is 2.71 bits per heavy atom. The van der Waals surface area contributed by atoms with Crippen LogP contribution in [0, 0.1) is 18.7 Å². The van der Waals surface area contributed by atoms with E-state index in [1.54, 1.807) is 25.1 Å². The number of halogens is 1. The highest BCUT2D eigenvalue weighted by atomic mass is 19.1. The number of aromatic amines is 1. The highest BCUT2D eigenvalue weighted by Gasteiger charge is 2.16. The number of benzene rings is 1. The largest absolute Gasteiger partial charge is 0.361 e. The topological polar surface area (TPSA) is 108 Å². The van der Waals surface area contributed by atoms with Crippen LogP contribution in [0.2, 0.25) is 0 Å². The van der Waals surface area contributed by atoms with Gasteiger partial charge in [0.1, 0.15) is 17.1 Å². The average Bonchev–Trinajstić information content (AvgIpc) is 3.29. The third kappa shape index (κ3) is 4.81. The van der Waals surface area contributed by atoms with E-state index in [4.69, 9.17) is 4.52 Å². The van der Waals surface area contributed by atoms with Crippen LogP contribution in [-0.2, 0) is 0 Å². The normalized spacial score (nSPS) is 11.7. The lowest BCUT2D eigenvalue weighted by Crippen LogP contribution is -2.36. The fraction of sp³-hybridized carbons (Fsp3) is 0.263. The van der Waals surface area contributed by atoms with Gasteiger partial charge < -0.3 is 9.84 Å². The van der Waals surface area contributed by atoms with E-state index in [2.05, 4.69) is 31.0 Å². The highest BCUT2D eigenvalue weighted by molar-refractivity contribution is 6.10. The molecule has 0 aliphatic rings. The van der Waals surface area contributed by atoms with Gasteiger partial charge in [0, 0.05) is 12.6 Å². The fourth-order valence-electron chi connectivity index (χ4n) is 2.36. The van der Waals surface area contributed by atoms with Crippen LogP contribution >= 0.6 is 0 Å². The predicted molar refractivity (Wildman–Crippen MR) is 103 cm³/mol. The molecular weight excluding hydrogens is 363 g/mol. The SMILES string of the molecule is Cc1oncc1C(=O)NC(=NCC(C)C)Nc1cc(-c2ccc(F)cc2)[nH]n1. The van der Waals surface area contributed by atoms with Crippen LogP contribution in [-0.4, -0.2) is 33.8 Å². The Morgan fingerprint density at radius 1 is 1.32 bits per heavy atom. The number of guanidine groups is 1. The van der Waals surface area contributed by atoms with Crippen LogP contribution in [0.5, 0.6) is 0 Å². The molecule has 0 unspecified atom stereocenters. The number of anilines is 1. The van der Waals surface area contributed by atoms with E-state index < -0.39 is 0 Å². The van der Waals surface area contributed by atoms with Crippen molar-refractivity contribution in [3.8, 4) is 11.3 Å². The van der Waals surface area contributed by atoms with E-state index in [0.717, 1.165) is 5.56 Å². The van der Waals surface area contributed by atoms with Crippen LogP contribution in [0.1, 0.15) is 30.0 Å². The molecule has 9 heteroatoms. The van der Waals surface area contributed by atoms with Gasteiger partial charge in [-0.05, 0) is 42.7 Å². The quantitative estimate of drug-likeness (QED) is 0.462. The number of aromatic nitrogens is 3. The molecule has 2 aromatic heterocycles. The second kappa shape index (κ2) is 8.47. The lowest BCUT2D eigenvalue weighted by molar-refractivity contribution is 0.0975. The minimum Gasteiger partial charge on any atom is -0.361 e. The summed E-state index contributed by atoms with van der Waals surface area (Å²) in [5.41, 5.74) is 1.81. The summed E-state index contributed by atoms with van der Waals surface area (Å²) in [6.45, 7) is 6.21. The van der Waals surface area contributed by atoms with Crippen molar-refractivity contribution in [1.82, 2.24) is 20.7 Å². The number of carbonyl (C=O) groups is 1. The van der Waals surface area contributed by atoms with Gasteiger partial charge in [0.05, 0.1) is 11.9 Å². The van der Waals surface area contributed by atoms with Crippen LogP contribution in [0.25, 0.3) is 11.3 Å². The van der Waals surface area contributed by atoms with Crippen molar-refractivity contribution in [1.29, 1.82) is 0 Å². The summed E-state index contributed by atoms with van der Waals surface area (Å²) < 4.78 is 18.0. The van der Waals surface area contributed by atoms with Gasteiger partial charge in [-0.1, -0.05) is 19.0 Å². The number of amides is 1. The first-order valence-electron chi connectivity index (χ1n) is 8.78. The molecule has 2 heterocycles. The molecule has 1 amide bonds. The smallest absolute Gasteiger partial charge is 0.263 e. The van der Waals surface area contributed by atoms with Crippen molar-refractivity contribution in [3.63, 3.8) is 0 Å². The van der Waals surface area contributed by atoms with Crippen molar-refractivity contribution in [2.75, 3.05) is 11.9 Å². The molecule has 3 N–H and O–H groups in total. The number of H-pyrrole nitrogens is 1. The van der Waals surface area contributed by atoms with E-state index >= 15 is 0 Å². The zero-order valence-corrected chi connectivity index (χ0v) is 15.8. The zero-order valence-electron chi connectivity index (χ0n) is 15.8. The summed E-state index contributed by atoms with van der Waals surface area (Å²) in [5.74, 6) is 0.749. The van der Waals surface area contributed by atoms with Gasteiger partial charge in [0.15, 0.2) is 5.82 Å². The number of nitrogens with zero attached hydrogens (tertiary/aromatic N) is 3. The molecule has 28 heavy (non-hydrogen) atoms. The maximum atomic E-state index is 13.1. The van der Waals surface area contributed by atoms with E-state index in [9.17, 15) is 9.18 Å². The van der Waals surface area contributed by atoms with Crippen molar-refractivity contribution in [3.05, 3.63) is 53.7 Å². The number of aryl methyl sites for hydroxylation is 1. The van der Waals surface area contributed by atoms with Crippen LogP contribution in [0.4, 0.5) is 10.2 Å². The monoisotopic (exact) mass is 384 g/mol. The Hall–Kier alpha value is -3.49. The number of nitrogens with one attached hydrogen (secondary N) is 3. The maximum Gasteiger partial charge on any atom is 0.263 e. The molecule has 1 aromatic carbocycles. The Balaban J connectivity index is 1.76. The molecule has 0 saturated heterocycles. The Labute approximate surface area is 161 Å². The zero-order chi connectivity index (χ0) is 20.1. The van der Waals surface area contributed by atoms with Crippen molar-refractivity contribution >= 4 is 17.7 Å². The Kier molecular flexibility index (Phi) is 5.83. The molecule has 0 atom stereocenters. The molecule has 0 aliphatic heterocycles. The van der Waals surface area contributed by atoms with Gasteiger partial charge in [-0.3, -0.25) is 20.2 Å². The van der Waals surface area contributed by atoms with Gasteiger partial charge in [0.25, 0.3) is 5.91 Å². The van der Waals surface area contributed by atoms with Gasteiger partial charge in [-0.2, -0.15) is 5.10 Å². The summed E-state index contributed by atoms with van der Waals surface area (Å²) in [7, 11) is 0. The second-order valence-corrected chi connectivity index (χ2v) is 6.63. The number of aliphatic imine (C=N–C) groups is 1. The number of hydrogen-bond donors (Lipinski definition) is 3. The lowest BCUT2D eigenvalue weighted by Gasteiger charge is -2.10. The molecule has 0 spiro atoms. The third-order valence-corrected chi connectivity index (χ3v) is 3.82. The standard InChI is InChI=1S/C19H21FN6O2/c1-11(2)9-21-19(24-18(27)15-10-22-28-12(15)3)23-17-8-16(25-26-17)13-4-6-14(20)7-5-13/h4-8,10-11H,9H2,1-3H3,(H3,21,23,24,25,26,27). The molecule has 146 valence electrons. The first-order chi connectivity index (χ1) is 13.4. The summed E-state index contributed by atoms with van der Waals surface area (Å²) in [5, 5.41) is 16.4. The van der Waals surface area contributed by atoms with Gasteiger partial charge in [-0.15, -0.1) is 0 Å². The molecular formula is C19H21FN6O2. The first-order valence-corrected chi connectivity index (χ1v) is 8.78. The van der Waals surface area contributed by atoms with E-state index in [0.29, 0.717) is 35.3 Å². The van der Waals surface area contributed by atoms with Crippen molar-refractivity contribution in [2.24, 2.45) is 10.9 Å². The number of rotatable bonds is 5. The summed E-state index contributed by atoms with van der Waals surface area (Å²) in [6.07, 6.45) is 1.35. The minimum atomic E-state index is -0.386. The minimum absolute atomic E-state index is 0.261. The van der Waals surface area contributed by atoms with Crippen molar-refractivity contribution in [2.45, 2.75) is 20.8 Å². The molecule has 0 radical (unpaired) electrons. The molecule has 0 saturated carbocycles. The predicted octanol–water partition coefficient (Wildman–Crippen LogP) is 3.37. The Morgan fingerprint density at radius 2 is 2.07 bits per heavy atom. The fourth-order valence-corrected chi connectivity index (χ4v) is 2.36. The van der Waals surface area contributed by atoms with Gasteiger partial charge in [-0.25, -0.2) is 4.39 Å². The molecule has 0 fully saturated rings. The summed E-state index contributed by atoms with van der Waals surface area (Å²) >= 11 is 0. The summed E-state index contributed by atoms with van der Waals surface area (Å²) in [6, 6.07) is 7.79. The highest BCUT2D eigenvalue weighted by Crippen LogP contribution is 2.20. The maximum absolute atomic E-state index is 13.1. The van der Waals surface area contributed by atoms with Gasteiger partial charge in [0.2, 0.25) is 5.96 Å². The lowest BCUT2D eigenvalue weighted by atomic mass is 10.1. The Bertz CT molecular complexity index is 974. The molecule has 0 bridgehead atoms. The van der Waals surface area contributed by atoms with Crippen LogP contribution in [0.15, 0.2) is 46.0 Å². The van der Waals surface area contributed by atoms with Crippen molar-refractivity contribution < 1.29 is 13.7 Å². The van der Waals surface area contributed by atoms with Crippen LogP contribution in [0.3, 0.4) is 0 Å². The summed E-state index contributed by atoms with van der Waals surface area (Å²) in [4.78, 5) is 16.8. The van der Waals surface area contributed by atoms with Gasteiger partial charge >= 0.3 is 0 Å². The molecule has 0 aliphatic carbocycles. The average molecular weight is 384 g/mol. The molecule has 3 aromatic rings. The van der Waals surface area contributed by atoms with E-state index in [-0.39, 0.29) is 17.7 Å². The third-order valence-electron chi connectivity index (χ3n) is 3.82. The molecule has 3 rings (SSSR count). The molecule has 8 nitrogen and oxygen atoms in total. The van der Waals surface area contributed by atoms with Crippen LogP contribution < -0.4 is 10.6 Å². The van der Waals surface area contributed by atoms with E-state index in [1.165, 1.54) is 18.3 Å². The first kappa shape index (κ1) is 19.3. The number of hydrogen-bond acceptors (Lipinski definition) is 5. The number of carbonyl (C=O) groups excluding carboxylic acids is 1. The second-order valence-electron chi connectivity index (χ2n) is 6.63.